The van der Waals surface area contributed by atoms with Crippen molar-refractivity contribution in [3.8, 4) is 11.5 Å². The van der Waals surface area contributed by atoms with Gasteiger partial charge in [0.15, 0.2) is 11.5 Å². The van der Waals surface area contributed by atoms with Crippen molar-refractivity contribution in [1.82, 2.24) is 0 Å². The number of aryl methyl sites for hydroxylation is 1. The van der Waals surface area contributed by atoms with E-state index in [0.717, 1.165) is 29.0 Å². The summed E-state index contributed by atoms with van der Waals surface area (Å²) in [5.41, 5.74) is 2.47. The minimum atomic E-state index is -0.232. The summed E-state index contributed by atoms with van der Waals surface area (Å²) >= 11 is 0. The fourth-order valence-corrected chi connectivity index (χ4v) is 2.36. The van der Waals surface area contributed by atoms with Crippen molar-refractivity contribution in [2.75, 3.05) is 18.5 Å². The fourth-order valence-electron chi connectivity index (χ4n) is 2.36. The summed E-state index contributed by atoms with van der Waals surface area (Å²) in [4.78, 5) is 0. The zero-order chi connectivity index (χ0) is 14.7. The van der Waals surface area contributed by atoms with Gasteiger partial charge >= 0.3 is 0 Å². The summed E-state index contributed by atoms with van der Waals surface area (Å²) < 4.78 is 25.0. The standard InChI is InChI=1S/C17H18FNO2/c1-12-4-2-5-14(18)17(12)19-11-13-6-7-15-16(10-13)21-9-3-8-20-15/h2,4-7,10,19H,3,8-9,11H2,1H3. The molecule has 0 radical (unpaired) electrons. The third kappa shape index (κ3) is 3.10. The van der Waals surface area contributed by atoms with Crippen LogP contribution in [0.15, 0.2) is 36.4 Å². The SMILES string of the molecule is Cc1cccc(F)c1NCc1ccc2c(c1)OCCCO2. The zero-order valence-corrected chi connectivity index (χ0v) is 12.0. The van der Waals surface area contributed by atoms with E-state index in [4.69, 9.17) is 9.47 Å². The van der Waals surface area contributed by atoms with Gasteiger partial charge in [-0.1, -0.05) is 18.2 Å². The van der Waals surface area contributed by atoms with E-state index in [2.05, 4.69) is 5.32 Å². The molecule has 0 saturated carbocycles. The molecule has 2 aromatic rings. The smallest absolute Gasteiger partial charge is 0.161 e. The summed E-state index contributed by atoms with van der Waals surface area (Å²) in [6.45, 7) is 3.77. The average Bonchev–Trinajstić information content (AvgIpc) is 2.71. The first-order valence-electron chi connectivity index (χ1n) is 7.11. The molecule has 110 valence electrons. The van der Waals surface area contributed by atoms with Crippen molar-refractivity contribution >= 4 is 5.69 Å². The maximum atomic E-state index is 13.8. The van der Waals surface area contributed by atoms with Gasteiger partial charge in [-0.25, -0.2) is 4.39 Å². The second-order valence-corrected chi connectivity index (χ2v) is 5.12. The molecule has 0 aliphatic carbocycles. The first kappa shape index (κ1) is 13.7. The highest BCUT2D eigenvalue weighted by atomic mass is 19.1. The van der Waals surface area contributed by atoms with E-state index in [1.54, 1.807) is 6.07 Å². The molecule has 0 saturated heterocycles. The number of benzene rings is 2. The van der Waals surface area contributed by atoms with Crippen molar-refractivity contribution in [1.29, 1.82) is 0 Å². The Morgan fingerprint density at radius 3 is 2.71 bits per heavy atom. The van der Waals surface area contributed by atoms with Gasteiger partial charge in [0.2, 0.25) is 0 Å². The van der Waals surface area contributed by atoms with Crippen LogP contribution in [-0.2, 0) is 6.54 Å². The summed E-state index contributed by atoms with van der Waals surface area (Å²) in [5.74, 6) is 1.31. The predicted octanol–water partition coefficient (Wildman–Crippen LogP) is 3.91. The van der Waals surface area contributed by atoms with Crippen molar-refractivity contribution in [3.63, 3.8) is 0 Å². The van der Waals surface area contributed by atoms with Crippen LogP contribution < -0.4 is 14.8 Å². The Labute approximate surface area is 123 Å². The molecule has 21 heavy (non-hydrogen) atoms. The predicted molar refractivity (Wildman–Crippen MR) is 80.5 cm³/mol. The molecule has 3 nitrogen and oxygen atoms in total. The number of fused-ring (bicyclic) bond motifs is 1. The monoisotopic (exact) mass is 287 g/mol. The number of nitrogens with one attached hydrogen (secondary N) is 1. The summed E-state index contributed by atoms with van der Waals surface area (Å²) in [5, 5.41) is 3.15. The molecule has 1 heterocycles. The number of anilines is 1. The van der Waals surface area contributed by atoms with Crippen molar-refractivity contribution in [3.05, 3.63) is 53.3 Å². The summed E-state index contributed by atoms with van der Waals surface area (Å²) in [6.07, 6.45) is 0.886. The third-order valence-corrected chi connectivity index (χ3v) is 3.50. The second kappa shape index (κ2) is 6.04. The molecule has 1 N–H and O–H groups in total. The Balaban J connectivity index is 1.75. The molecular formula is C17H18FNO2. The van der Waals surface area contributed by atoms with E-state index >= 15 is 0 Å². The molecule has 2 aromatic carbocycles. The lowest BCUT2D eigenvalue weighted by molar-refractivity contribution is 0.297. The molecule has 0 atom stereocenters. The molecule has 4 heteroatoms. The molecule has 0 bridgehead atoms. The van der Waals surface area contributed by atoms with Crippen molar-refractivity contribution in [2.24, 2.45) is 0 Å². The van der Waals surface area contributed by atoms with Crippen LogP contribution in [0.25, 0.3) is 0 Å². The highest BCUT2D eigenvalue weighted by Gasteiger charge is 2.11. The van der Waals surface area contributed by atoms with Crippen LogP contribution in [0.4, 0.5) is 10.1 Å². The van der Waals surface area contributed by atoms with Gasteiger partial charge in [-0.3, -0.25) is 0 Å². The summed E-state index contributed by atoms with van der Waals surface area (Å²) in [6, 6.07) is 10.9. The lowest BCUT2D eigenvalue weighted by Gasteiger charge is -2.12. The maximum Gasteiger partial charge on any atom is 0.161 e. The number of halogens is 1. The lowest BCUT2D eigenvalue weighted by Crippen LogP contribution is -2.04. The number of hydrogen-bond acceptors (Lipinski definition) is 3. The van der Waals surface area contributed by atoms with E-state index in [1.165, 1.54) is 6.07 Å². The highest BCUT2D eigenvalue weighted by molar-refractivity contribution is 5.52. The molecule has 1 aliphatic heterocycles. The van der Waals surface area contributed by atoms with E-state index in [-0.39, 0.29) is 5.82 Å². The number of para-hydroxylation sites is 1. The van der Waals surface area contributed by atoms with Crippen LogP contribution in [0.5, 0.6) is 11.5 Å². The second-order valence-electron chi connectivity index (χ2n) is 5.12. The van der Waals surface area contributed by atoms with Crippen molar-refractivity contribution in [2.45, 2.75) is 19.9 Å². The highest BCUT2D eigenvalue weighted by Crippen LogP contribution is 2.30. The fraction of sp³-hybridized carbons (Fsp3) is 0.294. The van der Waals surface area contributed by atoms with Gasteiger partial charge in [-0.15, -0.1) is 0 Å². The molecule has 0 fully saturated rings. The van der Waals surface area contributed by atoms with Crippen LogP contribution >= 0.6 is 0 Å². The minimum Gasteiger partial charge on any atom is -0.490 e. The van der Waals surface area contributed by atoms with Gasteiger partial charge in [0.25, 0.3) is 0 Å². The largest absolute Gasteiger partial charge is 0.490 e. The van der Waals surface area contributed by atoms with E-state index in [9.17, 15) is 4.39 Å². The van der Waals surface area contributed by atoms with Crippen LogP contribution in [0.2, 0.25) is 0 Å². The Hall–Kier alpha value is -2.23. The minimum absolute atomic E-state index is 0.232. The quantitative estimate of drug-likeness (QED) is 0.928. The number of rotatable bonds is 3. The maximum absolute atomic E-state index is 13.8. The van der Waals surface area contributed by atoms with Gasteiger partial charge in [0.05, 0.1) is 18.9 Å². The molecule has 3 rings (SSSR count). The van der Waals surface area contributed by atoms with E-state index in [1.807, 2.05) is 31.2 Å². The molecule has 0 unspecified atom stereocenters. The Morgan fingerprint density at radius 1 is 1.10 bits per heavy atom. The van der Waals surface area contributed by atoms with Crippen LogP contribution in [0.1, 0.15) is 17.5 Å². The molecule has 1 aliphatic rings. The van der Waals surface area contributed by atoms with Gasteiger partial charge in [-0.2, -0.15) is 0 Å². The topological polar surface area (TPSA) is 30.5 Å². The van der Waals surface area contributed by atoms with Gasteiger partial charge in [0.1, 0.15) is 5.82 Å². The third-order valence-electron chi connectivity index (χ3n) is 3.50. The zero-order valence-electron chi connectivity index (χ0n) is 12.0. The molecule has 0 aromatic heterocycles. The Kier molecular flexibility index (Phi) is 3.95. The number of ether oxygens (including phenoxy) is 2. The van der Waals surface area contributed by atoms with Crippen LogP contribution in [0.3, 0.4) is 0 Å². The average molecular weight is 287 g/mol. The first-order chi connectivity index (χ1) is 10.2. The lowest BCUT2D eigenvalue weighted by atomic mass is 10.1. The first-order valence-corrected chi connectivity index (χ1v) is 7.11. The Morgan fingerprint density at radius 2 is 1.90 bits per heavy atom. The van der Waals surface area contributed by atoms with Crippen molar-refractivity contribution < 1.29 is 13.9 Å². The van der Waals surface area contributed by atoms with E-state index < -0.39 is 0 Å². The van der Waals surface area contributed by atoms with Crippen LogP contribution in [-0.4, -0.2) is 13.2 Å². The van der Waals surface area contributed by atoms with Gasteiger partial charge < -0.3 is 14.8 Å². The normalized spacial score (nSPS) is 13.6. The molecule has 0 amide bonds. The molecular weight excluding hydrogens is 269 g/mol. The van der Waals surface area contributed by atoms with Gasteiger partial charge in [0, 0.05) is 13.0 Å². The number of hydrogen-bond donors (Lipinski definition) is 1. The van der Waals surface area contributed by atoms with Gasteiger partial charge in [-0.05, 0) is 36.2 Å². The Bertz CT molecular complexity index is 622. The summed E-state index contributed by atoms with van der Waals surface area (Å²) in [7, 11) is 0. The van der Waals surface area contributed by atoms with E-state index in [0.29, 0.717) is 25.4 Å². The van der Waals surface area contributed by atoms with Crippen LogP contribution in [0, 0.1) is 12.7 Å². The molecule has 0 spiro atoms.